The first-order chi connectivity index (χ1) is 13.1. The topological polar surface area (TPSA) is 77.3 Å². The van der Waals surface area contributed by atoms with E-state index >= 15 is 0 Å². The number of nitrogens with zero attached hydrogens (tertiary/aromatic N) is 4. The van der Waals surface area contributed by atoms with Gasteiger partial charge in [-0.2, -0.15) is 13.2 Å². The summed E-state index contributed by atoms with van der Waals surface area (Å²) in [6.07, 6.45) is -3.41. The van der Waals surface area contributed by atoms with Crippen LogP contribution in [0.2, 0.25) is 4.34 Å². The summed E-state index contributed by atoms with van der Waals surface area (Å²) in [5.41, 5.74) is -0.357. The highest BCUT2D eigenvalue weighted by Crippen LogP contribution is 2.51. The molecular formula is C16H14ClF3N4O3S. The summed E-state index contributed by atoms with van der Waals surface area (Å²) in [4.78, 5) is 25.5. The summed E-state index contributed by atoms with van der Waals surface area (Å²) < 4.78 is 47.0. The van der Waals surface area contributed by atoms with Gasteiger partial charge in [-0.3, -0.25) is 14.3 Å². The molecule has 2 aliphatic heterocycles. The number of carbonyl (C=O) groups is 2. The van der Waals surface area contributed by atoms with Crippen molar-refractivity contribution >= 4 is 34.6 Å². The Kier molecular flexibility index (Phi) is 4.51. The number of alkyl halides is 3. The Labute approximate surface area is 166 Å². The molecule has 12 heteroatoms. The van der Waals surface area contributed by atoms with Gasteiger partial charge in [-0.25, -0.2) is 0 Å². The predicted molar refractivity (Wildman–Crippen MR) is 92.0 cm³/mol. The molecular weight excluding hydrogens is 421 g/mol. The maximum atomic E-state index is 13.1. The van der Waals surface area contributed by atoms with Crippen molar-refractivity contribution in [3.8, 4) is 0 Å². The fourth-order valence-corrected chi connectivity index (χ4v) is 5.19. The highest BCUT2D eigenvalue weighted by atomic mass is 35.5. The minimum Gasteiger partial charge on any atom is -0.361 e. The number of rotatable bonds is 1. The molecule has 0 saturated carbocycles. The van der Waals surface area contributed by atoms with Crippen LogP contribution in [0.15, 0.2) is 12.3 Å². The molecule has 0 bridgehead atoms. The Morgan fingerprint density at radius 1 is 1.46 bits per heavy atom. The van der Waals surface area contributed by atoms with E-state index in [2.05, 4.69) is 10.3 Å². The van der Waals surface area contributed by atoms with Gasteiger partial charge >= 0.3 is 12.1 Å². The van der Waals surface area contributed by atoms with Crippen molar-refractivity contribution in [1.29, 1.82) is 0 Å². The minimum atomic E-state index is -5.01. The van der Waals surface area contributed by atoms with Crippen LogP contribution in [0.5, 0.6) is 0 Å². The summed E-state index contributed by atoms with van der Waals surface area (Å²) in [5, 5.41) is 7.69. The lowest BCUT2D eigenvalue weighted by Gasteiger charge is -2.47. The number of ether oxygens (including phenoxy) is 1. The molecule has 2 atom stereocenters. The van der Waals surface area contributed by atoms with E-state index in [4.69, 9.17) is 16.3 Å². The van der Waals surface area contributed by atoms with E-state index in [1.165, 1.54) is 22.2 Å². The summed E-state index contributed by atoms with van der Waals surface area (Å²) >= 11 is 7.26. The van der Waals surface area contributed by atoms with Crippen molar-refractivity contribution in [2.75, 3.05) is 13.2 Å². The van der Waals surface area contributed by atoms with Crippen LogP contribution in [-0.4, -0.2) is 50.9 Å². The number of aromatic nitrogens is 3. The molecule has 1 spiro atoms. The van der Waals surface area contributed by atoms with Crippen LogP contribution in [0.3, 0.4) is 0 Å². The third-order valence-corrected chi connectivity index (χ3v) is 6.47. The van der Waals surface area contributed by atoms with Crippen molar-refractivity contribution in [2.45, 2.75) is 30.7 Å². The monoisotopic (exact) mass is 434 g/mol. The zero-order valence-electron chi connectivity index (χ0n) is 14.5. The summed E-state index contributed by atoms with van der Waals surface area (Å²) in [7, 11) is 1.58. The number of likely N-dealkylation sites (tertiary alicyclic amines) is 1. The number of fused-ring (bicyclic) bond motifs is 2. The minimum absolute atomic E-state index is 0.0185. The number of hydrogen-bond donors (Lipinski definition) is 0. The van der Waals surface area contributed by atoms with Gasteiger partial charge in [0, 0.05) is 30.5 Å². The van der Waals surface area contributed by atoms with Crippen LogP contribution in [0, 0.1) is 0 Å². The molecule has 28 heavy (non-hydrogen) atoms. The number of hydrogen-bond acceptors (Lipinski definition) is 6. The zero-order chi connectivity index (χ0) is 20.3. The molecule has 4 heterocycles. The Hall–Kier alpha value is -1.98. The summed E-state index contributed by atoms with van der Waals surface area (Å²) in [5.74, 6) is -2.16. The second-order valence-corrected chi connectivity index (χ2v) is 8.47. The van der Waals surface area contributed by atoms with Gasteiger partial charge in [0.1, 0.15) is 17.9 Å². The van der Waals surface area contributed by atoms with Gasteiger partial charge in [0.2, 0.25) is 0 Å². The summed E-state index contributed by atoms with van der Waals surface area (Å²) in [6, 6.07) is 0.553. The van der Waals surface area contributed by atoms with E-state index in [0.717, 1.165) is 4.90 Å². The Morgan fingerprint density at radius 2 is 2.21 bits per heavy atom. The predicted octanol–water partition coefficient (Wildman–Crippen LogP) is 2.86. The van der Waals surface area contributed by atoms with E-state index in [9.17, 15) is 22.8 Å². The zero-order valence-corrected chi connectivity index (χ0v) is 16.1. The van der Waals surface area contributed by atoms with Crippen molar-refractivity contribution in [1.82, 2.24) is 19.9 Å². The van der Waals surface area contributed by atoms with Crippen LogP contribution >= 0.6 is 22.9 Å². The van der Waals surface area contributed by atoms with Crippen molar-refractivity contribution < 1.29 is 27.5 Å². The van der Waals surface area contributed by atoms with Crippen molar-refractivity contribution in [3.05, 3.63) is 32.7 Å². The van der Waals surface area contributed by atoms with Gasteiger partial charge in [-0.15, -0.1) is 16.4 Å². The number of thiophene rings is 1. The number of aryl methyl sites for hydroxylation is 1. The van der Waals surface area contributed by atoms with E-state index in [-0.39, 0.29) is 37.5 Å². The highest BCUT2D eigenvalue weighted by Gasteiger charge is 2.53. The average Bonchev–Trinajstić information content (AvgIpc) is 3.24. The van der Waals surface area contributed by atoms with Gasteiger partial charge < -0.3 is 9.64 Å². The average molecular weight is 435 g/mol. The van der Waals surface area contributed by atoms with Crippen LogP contribution in [0.1, 0.15) is 39.8 Å². The molecule has 1 amide bonds. The lowest BCUT2D eigenvalue weighted by Crippen LogP contribution is -2.53. The molecule has 2 unspecified atom stereocenters. The lowest BCUT2D eigenvalue weighted by atomic mass is 9.80. The molecule has 0 aliphatic carbocycles. The molecule has 2 aromatic rings. The van der Waals surface area contributed by atoms with Crippen molar-refractivity contribution in [3.63, 3.8) is 0 Å². The number of piperidine rings is 1. The first kappa shape index (κ1) is 19.3. The van der Waals surface area contributed by atoms with Crippen molar-refractivity contribution in [2.24, 2.45) is 7.05 Å². The molecule has 0 radical (unpaired) electrons. The molecule has 1 fully saturated rings. The quantitative estimate of drug-likeness (QED) is 0.689. The summed E-state index contributed by atoms with van der Waals surface area (Å²) in [6.45, 7) is -0.400. The molecule has 150 valence electrons. The number of halogens is 4. The van der Waals surface area contributed by atoms with Gasteiger partial charge in [-0.1, -0.05) is 16.8 Å². The molecule has 4 rings (SSSR count). The second-order valence-electron chi connectivity index (χ2n) is 6.78. The maximum absolute atomic E-state index is 13.1. The first-order valence-electron chi connectivity index (χ1n) is 8.32. The normalized spacial score (nSPS) is 25.2. The molecule has 1 saturated heterocycles. The third kappa shape index (κ3) is 3.11. The Morgan fingerprint density at radius 3 is 2.86 bits per heavy atom. The number of ketones is 1. The molecule has 0 N–H and O–H groups in total. The second kappa shape index (κ2) is 6.53. The van der Waals surface area contributed by atoms with Gasteiger partial charge in [0.15, 0.2) is 5.78 Å². The van der Waals surface area contributed by atoms with E-state index in [1.807, 2.05) is 0 Å². The van der Waals surface area contributed by atoms with Gasteiger partial charge in [0.05, 0.1) is 16.6 Å². The van der Waals surface area contributed by atoms with Gasteiger partial charge in [-0.05, 0) is 12.5 Å². The standard InChI is InChI=1S/C16H14ClF3N4O3S/c1-23-6-9(21-22-23)10-5-15(2-3-24(10)14(26)16(18,19)20)13-8(4-12(17)28-13)11(25)7-27-15/h4,6,10H,2-3,5,7H2,1H3. The molecule has 7 nitrogen and oxygen atoms in total. The Balaban J connectivity index is 1.76. The first-order valence-corrected chi connectivity index (χ1v) is 9.51. The highest BCUT2D eigenvalue weighted by molar-refractivity contribution is 7.16. The fourth-order valence-electron chi connectivity index (χ4n) is 3.76. The van der Waals surface area contributed by atoms with E-state index < -0.39 is 23.7 Å². The van der Waals surface area contributed by atoms with Crippen LogP contribution < -0.4 is 0 Å². The van der Waals surface area contributed by atoms with Gasteiger partial charge in [0.25, 0.3) is 0 Å². The van der Waals surface area contributed by atoms with Crippen LogP contribution in [0.25, 0.3) is 0 Å². The number of Topliss-reactive ketones (excluding diaryl/α,β-unsaturated/α-hetero) is 1. The van der Waals surface area contributed by atoms with E-state index in [1.54, 1.807) is 13.1 Å². The third-order valence-electron chi connectivity index (χ3n) is 5.02. The van der Waals surface area contributed by atoms with Crippen LogP contribution in [0.4, 0.5) is 13.2 Å². The lowest BCUT2D eigenvalue weighted by molar-refractivity contribution is -0.195. The fraction of sp³-hybridized carbons (Fsp3) is 0.500. The molecule has 2 aliphatic rings. The maximum Gasteiger partial charge on any atom is 0.471 e. The SMILES string of the molecule is Cn1cc(C2CC3(CCN2C(=O)C(F)(F)F)OCC(=O)c2cc(Cl)sc23)nn1. The van der Waals surface area contributed by atoms with E-state index in [0.29, 0.717) is 14.8 Å². The number of carbonyl (C=O) groups excluding carboxylic acids is 2. The molecule has 2 aromatic heterocycles. The smallest absolute Gasteiger partial charge is 0.361 e. The van der Waals surface area contributed by atoms with Crippen LogP contribution in [-0.2, 0) is 22.2 Å². The Bertz CT molecular complexity index is 959. The number of amides is 1. The molecule has 0 aromatic carbocycles. The largest absolute Gasteiger partial charge is 0.471 e.